The third-order valence-corrected chi connectivity index (χ3v) is 2.61. The second-order valence-electron chi connectivity index (χ2n) is 4.52. The van der Waals surface area contributed by atoms with Crippen molar-refractivity contribution in [1.29, 1.82) is 0 Å². The van der Waals surface area contributed by atoms with Crippen molar-refractivity contribution >= 4 is 11.8 Å². The maximum atomic E-state index is 12.8. The predicted octanol–water partition coefficient (Wildman–Crippen LogP) is 2.13. The highest BCUT2D eigenvalue weighted by molar-refractivity contribution is 5.44. The summed E-state index contributed by atoms with van der Waals surface area (Å²) in [6.45, 7) is 4.20. The standard InChI is InChI=1S/C12H19F3N4O/c1-4-16-11-17-9(12(13,14)15)7-10(18-11)19(3)6-5-8(2)20/h7-8,20H,4-6H2,1-3H3,(H,16,17,18). The largest absolute Gasteiger partial charge is 0.433 e. The summed E-state index contributed by atoms with van der Waals surface area (Å²) < 4.78 is 38.4. The molecule has 1 unspecified atom stereocenters. The Morgan fingerprint density at radius 1 is 1.40 bits per heavy atom. The second kappa shape index (κ2) is 6.74. The number of halogens is 3. The van der Waals surface area contributed by atoms with Crippen molar-refractivity contribution in [2.24, 2.45) is 0 Å². The van der Waals surface area contributed by atoms with Gasteiger partial charge in [-0.3, -0.25) is 0 Å². The lowest BCUT2D eigenvalue weighted by molar-refractivity contribution is -0.141. The van der Waals surface area contributed by atoms with Crippen molar-refractivity contribution in [2.45, 2.75) is 32.5 Å². The van der Waals surface area contributed by atoms with E-state index in [0.29, 0.717) is 19.5 Å². The van der Waals surface area contributed by atoms with Gasteiger partial charge in [-0.1, -0.05) is 0 Å². The Morgan fingerprint density at radius 2 is 2.05 bits per heavy atom. The van der Waals surface area contributed by atoms with E-state index in [0.717, 1.165) is 6.07 Å². The zero-order valence-corrected chi connectivity index (χ0v) is 11.7. The van der Waals surface area contributed by atoms with Gasteiger partial charge in [-0.05, 0) is 20.3 Å². The molecular formula is C12H19F3N4O. The number of aromatic nitrogens is 2. The molecule has 0 aliphatic heterocycles. The molecule has 0 spiro atoms. The predicted molar refractivity (Wildman–Crippen MR) is 70.8 cm³/mol. The zero-order chi connectivity index (χ0) is 15.3. The number of aliphatic hydroxyl groups is 1. The van der Waals surface area contributed by atoms with Crippen LogP contribution in [0, 0.1) is 0 Å². The number of nitrogens with one attached hydrogen (secondary N) is 1. The average molecular weight is 292 g/mol. The molecule has 0 aliphatic carbocycles. The molecular weight excluding hydrogens is 273 g/mol. The third-order valence-electron chi connectivity index (χ3n) is 2.61. The van der Waals surface area contributed by atoms with E-state index in [4.69, 9.17) is 0 Å². The SMILES string of the molecule is CCNc1nc(N(C)CCC(C)O)cc(C(F)(F)F)n1. The van der Waals surface area contributed by atoms with Gasteiger partial charge in [-0.2, -0.15) is 18.2 Å². The fraction of sp³-hybridized carbons (Fsp3) is 0.667. The first-order valence-electron chi connectivity index (χ1n) is 6.33. The quantitative estimate of drug-likeness (QED) is 0.841. The smallest absolute Gasteiger partial charge is 0.393 e. The monoisotopic (exact) mass is 292 g/mol. The van der Waals surface area contributed by atoms with Crippen LogP contribution < -0.4 is 10.2 Å². The summed E-state index contributed by atoms with van der Waals surface area (Å²) in [6.07, 6.45) is -4.60. The summed E-state index contributed by atoms with van der Waals surface area (Å²) in [5.74, 6) is 0.116. The van der Waals surface area contributed by atoms with Gasteiger partial charge in [-0.15, -0.1) is 0 Å². The Bertz CT molecular complexity index is 437. The fourth-order valence-electron chi connectivity index (χ4n) is 1.51. The molecule has 1 aromatic rings. The van der Waals surface area contributed by atoms with E-state index in [1.54, 1.807) is 25.8 Å². The zero-order valence-electron chi connectivity index (χ0n) is 11.7. The van der Waals surface area contributed by atoms with Crippen LogP contribution in [0.25, 0.3) is 0 Å². The van der Waals surface area contributed by atoms with Crippen LogP contribution in [0.1, 0.15) is 26.0 Å². The van der Waals surface area contributed by atoms with Gasteiger partial charge in [0.15, 0.2) is 5.69 Å². The maximum absolute atomic E-state index is 12.8. The molecule has 0 radical (unpaired) electrons. The molecule has 0 fully saturated rings. The van der Waals surface area contributed by atoms with E-state index < -0.39 is 18.0 Å². The van der Waals surface area contributed by atoms with E-state index in [-0.39, 0.29) is 11.8 Å². The van der Waals surface area contributed by atoms with Crippen molar-refractivity contribution in [3.05, 3.63) is 11.8 Å². The molecule has 0 bridgehead atoms. The Labute approximate surface area is 115 Å². The van der Waals surface area contributed by atoms with Gasteiger partial charge in [0, 0.05) is 26.2 Å². The number of hydrogen-bond donors (Lipinski definition) is 2. The number of alkyl halides is 3. The third kappa shape index (κ3) is 4.84. The summed E-state index contributed by atoms with van der Waals surface area (Å²) in [4.78, 5) is 9.05. The van der Waals surface area contributed by atoms with Crippen molar-refractivity contribution in [1.82, 2.24) is 9.97 Å². The van der Waals surface area contributed by atoms with Crippen LogP contribution in [0.3, 0.4) is 0 Å². The number of hydrogen-bond acceptors (Lipinski definition) is 5. The molecule has 114 valence electrons. The van der Waals surface area contributed by atoms with Gasteiger partial charge in [0.1, 0.15) is 5.82 Å². The van der Waals surface area contributed by atoms with E-state index in [9.17, 15) is 18.3 Å². The molecule has 0 saturated carbocycles. The van der Waals surface area contributed by atoms with Crippen LogP contribution >= 0.6 is 0 Å². The lowest BCUT2D eigenvalue weighted by Crippen LogP contribution is -2.24. The first-order chi connectivity index (χ1) is 9.24. The van der Waals surface area contributed by atoms with Crippen molar-refractivity contribution in [3.63, 3.8) is 0 Å². The topological polar surface area (TPSA) is 61.3 Å². The van der Waals surface area contributed by atoms with Gasteiger partial charge in [0.25, 0.3) is 0 Å². The van der Waals surface area contributed by atoms with Gasteiger partial charge in [0.2, 0.25) is 5.95 Å². The summed E-state index contributed by atoms with van der Waals surface area (Å²) in [5, 5.41) is 11.9. The molecule has 2 N–H and O–H groups in total. The fourth-order valence-corrected chi connectivity index (χ4v) is 1.51. The molecule has 0 saturated heterocycles. The molecule has 1 heterocycles. The van der Waals surface area contributed by atoms with Crippen molar-refractivity contribution in [2.75, 3.05) is 30.4 Å². The number of anilines is 2. The summed E-state index contributed by atoms with van der Waals surface area (Å²) in [5.41, 5.74) is -0.984. The number of nitrogens with zero attached hydrogens (tertiary/aromatic N) is 3. The molecule has 0 aliphatic rings. The molecule has 0 amide bonds. The summed E-state index contributed by atoms with van der Waals surface area (Å²) >= 11 is 0. The average Bonchev–Trinajstić information content (AvgIpc) is 2.34. The highest BCUT2D eigenvalue weighted by atomic mass is 19.4. The summed E-state index contributed by atoms with van der Waals surface area (Å²) in [6, 6.07) is 0.906. The Balaban J connectivity index is 3.02. The first-order valence-corrected chi connectivity index (χ1v) is 6.33. The van der Waals surface area contributed by atoms with Gasteiger partial charge in [-0.25, -0.2) is 4.98 Å². The Kier molecular flexibility index (Phi) is 5.55. The minimum absolute atomic E-state index is 0.0544. The van der Waals surface area contributed by atoms with Crippen LogP contribution in [0.4, 0.5) is 24.9 Å². The van der Waals surface area contributed by atoms with Crippen molar-refractivity contribution in [3.8, 4) is 0 Å². The van der Waals surface area contributed by atoms with Gasteiger partial charge < -0.3 is 15.3 Å². The maximum Gasteiger partial charge on any atom is 0.433 e. The van der Waals surface area contributed by atoms with Gasteiger partial charge >= 0.3 is 6.18 Å². The molecule has 1 aromatic heterocycles. The van der Waals surface area contributed by atoms with E-state index in [1.807, 2.05) is 0 Å². The van der Waals surface area contributed by atoms with E-state index in [2.05, 4.69) is 15.3 Å². The molecule has 8 heteroatoms. The normalized spacial score (nSPS) is 13.2. The molecule has 1 rings (SSSR count). The van der Waals surface area contributed by atoms with Crippen LogP contribution in [-0.4, -0.2) is 41.3 Å². The Morgan fingerprint density at radius 3 is 2.55 bits per heavy atom. The minimum atomic E-state index is -4.52. The van der Waals surface area contributed by atoms with Crippen LogP contribution in [0.2, 0.25) is 0 Å². The summed E-state index contributed by atoms with van der Waals surface area (Å²) in [7, 11) is 1.63. The van der Waals surface area contributed by atoms with Crippen LogP contribution in [0.5, 0.6) is 0 Å². The second-order valence-corrected chi connectivity index (χ2v) is 4.52. The van der Waals surface area contributed by atoms with E-state index in [1.165, 1.54) is 0 Å². The molecule has 5 nitrogen and oxygen atoms in total. The highest BCUT2D eigenvalue weighted by Crippen LogP contribution is 2.30. The number of rotatable bonds is 6. The first kappa shape index (κ1) is 16.5. The lowest BCUT2D eigenvalue weighted by atomic mass is 10.2. The lowest BCUT2D eigenvalue weighted by Gasteiger charge is -2.20. The van der Waals surface area contributed by atoms with E-state index >= 15 is 0 Å². The minimum Gasteiger partial charge on any atom is -0.393 e. The van der Waals surface area contributed by atoms with Crippen LogP contribution in [0.15, 0.2) is 6.07 Å². The molecule has 1 atom stereocenters. The van der Waals surface area contributed by atoms with Gasteiger partial charge in [0.05, 0.1) is 6.10 Å². The van der Waals surface area contributed by atoms with Crippen molar-refractivity contribution < 1.29 is 18.3 Å². The Hall–Kier alpha value is -1.57. The van der Waals surface area contributed by atoms with Crippen LogP contribution in [-0.2, 0) is 6.18 Å². The molecule has 0 aromatic carbocycles. The molecule has 20 heavy (non-hydrogen) atoms. The number of aliphatic hydroxyl groups excluding tert-OH is 1. The highest BCUT2D eigenvalue weighted by Gasteiger charge is 2.34.